The molecule has 4 nitrogen and oxygen atoms in total. The number of hydrogen-bond acceptors (Lipinski definition) is 3. The molecule has 150 valence electrons. The van der Waals surface area contributed by atoms with E-state index in [2.05, 4.69) is 5.32 Å². The number of anilines is 1. The molecule has 5 heteroatoms. The Morgan fingerprint density at radius 2 is 1.79 bits per heavy atom. The lowest BCUT2D eigenvalue weighted by atomic mass is 10.1. The average Bonchev–Trinajstić information content (AvgIpc) is 2.72. The van der Waals surface area contributed by atoms with E-state index in [1.54, 1.807) is 18.2 Å². The molecule has 0 aliphatic carbocycles. The zero-order valence-electron chi connectivity index (χ0n) is 16.6. The summed E-state index contributed by atoms with van der Waals surface area (Å²) in [6.07, 6.45) is 0. The third-order valence-electron chi connectivity index (χ3n) is 4.44. The van der Waals surface area contributed by atoms with Gasteiger partial charge in [0.15, 0.2) is 0 Å². The monoisotopic (exact) mass is 409 g/mol. The first-order valence-electron chi connectivity index (χ1n) is 9.51. The van der Waals surface area contributed by atoms with Crippen LogP contribution in [0.5, 0.6) is 5.75 Å². The molecule has 0 atom stereocenters. The molecule has 0 fully saturated rings. The first-order chi connectivity index (χ1) is 14.1. The van der Waals surface area contributed by atoms with Crippen molar-refractivity contribution in [3.8, 4) is 5.75 Å². The van der Waals surface area contributed by atoms with Crippen molar-refractivity contribution in [1.82, 2.24) is 0 Å². The number of rotatable bonds is 8. The van der Waals surface area contributed by atoms with Crippen molar-refractivity contribution in [3.63, 3.8) is 0 Å². The lowest BCUT2D eigenvalue weighted by molar-refractivity contribution is 0.101. The van der Waals surface area contributed by atoms with Gasteiger partial charge >= 0.3 is 0 Å². The van der Waals surface area contributed by atoms with Crippen LogP contribution in [0.2, 0.25) is 5.02 Å². The van der Waals surface area contributed by atoms with Crippen LogP contribution in [0.25, 0.3) is 0 Å². The summed E-state index contributed by atoms with van der Waals surface area (Å²) in [6.45, 7) is 5.23. The fourth-order valence-electron chi connectivity index (χ4n) is 2.91. The fourth-order valence-corrected chi connectivity index (χ4v) is 3.08. The van der Waals surface area contributed by atoms with Crippen LogP contribution in [-0.2, 0) is 18.0 Å². The lowest BCUT2D eigenvalue weighted by Gasteiger charge is -2.14. The molecule has 1 N–H and O–H groups in total. The Labute approximate surface area is 176 Å². The average molecular weight is 410 g/mol. The molecule has 0 spiro atoms. The summed E-state index contributed by atoms with van der Waals surface area (Å²) < 4.78 is 11.5. The number of benzene rings is 3. The van der Waals surface area contributed by atoms with Gasteiger partial charge in [0.05, 0.1) is 19.8 Å². The minimum atomic E-state index is -0.206. The van der Waals surface area contributed by atoms with Crippen molar-refractivity contribution in [2.24, 2.45) is 0 Å². The predicted octanol–water partition coefficient (Wildman–Crippen LogP) is 6.02. The molecular weight excluding hydrogens is 386 g/mol. The number of aryl methyl sites for hydroxylation is 1. The van der Waals surface area contributed by atoms with Gasteiger partial charge in [-0.25, -0.2) is 0 Å². The largest absolute Gasteiger partial charge is 0.494 e. The second-order valence-corrected chi connectivity index (χ2v) is 7.08. The van der Waals surface area contributed by atoms with E-state index in [4.69, 9.17) is 21.1 Å². The minimum Gasteiger partial charge on any atom is -0.494 e. The summed E-state index contributed by atoms with van der Waals surface area (Å²) in [7, 11) is 0. The molecule has 0 bridgehead atoms. The highest BCUT2D eigenvalue weighted by Crippen LogP contribution is 2.24. The molecule has 0 heterocycles. The highest BCUT2D eigenvalue weighted by atomic mass is 35.5. The first kappa shape index (κ1) is 20.9. The molecule has 0 aliphatic rings. The van der Waals surface area contributed by atoms with E-state index in [-0.39, 0.29) is 5.91 Å². The second kappa shape index (κ2) is 10.1. The van der Waals surface area contributed by atoms with Crippen LogP contribution in [-0.4, -0.2) is 12.5 Å². The second-order valence-electron chi connectivity index (χ2n) is 6.65. The summed E-state index contributed by atoms with van der Waals surface area (Å²) in [5.41, 5.74) is 4.10. The first-order valence-corrected chi connectivity index (χ1v) is 9.89. The standard InChI is InChI=1S/C24H24ClNO3/c1-3-29-23-12-10-19(24(27)26-22-14-21(25)11-9-17(22)2)13-20(23)16-28-15-18-7-5-4-6-8-18/h4-14H,3,15-16H2,1-2H3,(H,26,27). The molecule has 1 amide bonds. The number of hydrogen-bond donors (Lipinski definition) is 1. The Hall–Kier alpha value is -2.82. The third-order valence-corrected chi connectivity index (χ3v) is 4.67. The SMILES string of the molecule is CCOc1ccc(C(=O)Nc2cc(Cl)ccc2C)cc1COCc1ccccc1. The summed E-state index contributed by atoms with van der Waals surface area (Å²) in [4.78, 5) is 12.8. The zero-order valence-corrected chi connectivity index (χ0v) is 17.3. The molecule has 0 unspecified atom stereocenters. The van der Waals surface area contributed by atoms with Gasteiger partial charge in [-0.3, -0.25) is 4.79 Å². The van der Waals surface area contributed by atoms with Crippen LogP contribution in [0.4, 0.5) is 5.69 Å². The Morgan fingerprint density at radius 3 is 2.55 bits per heavy atom. The quantitative estimate of drug-likeness (QED) is 0.495. The van der Waals surface area contributed by atoms with Crippen LogP contribution in [0.15, 0.2) is 66.7 Å². The van der Waals surface area contributed by atoms with Crippen molar-refractivity contribution in [2.45, 2.75) is 27.1 Å². The molecule has 0 radical (unpaired) electrons. The Morgan fingerprint density at radius 1 is 1.00 bits per heavy atom. The van der Waals surface area contributed by atoms with Crippen molar-refractivity contribution >= 4 is 23.2 Å². The number of halogens is 1. The molecule has 0 aromatic heterocycles. The van der Waals surface area contributed by atoms with E-state index in [0.29, 0.717) is 36.1 Å². The number of carbonyl (C=O) groups excluding carboxylic acids is 1. The van der Waals surface area contributed by atoms with Gasteiger partial charge in [0, 0.05) is 21.8 Å². The molecule has 3 rings (SSSR count). The highest BCUT2D eigenvalue weighted by molar-refractivity contribution is 6.31. The Kier molecular flexibility index (Phi) is 7.28. The normalized spacial score (nSPS) is 10.6. The molecule has 3 aromatic carbocycles. The van der Waals surface area contributed by atoms with Crippen molar-refractivity contribution in [2.75, 3.05) is 11.9 Å². The van der Waals surface area contributed by atoms with E-state index >= 15 is 0 Å². The van der Waals surface area contributed by atoms with Crippen molar-refractivity contribution < 1.29 is 14.3 Å². The van der Waals surface area contributed by atoms with E-state index in [1.807, 2.05) is 62.4 Å². The van der Waals surface area contributed by atoms with E-state index in [0.717, 1.165) is 22.4 Å². The molecule has 29 heavy (non-hydrogen) atoms. The zero-order chi connectivity index (χ0) is 20.6. The maximum atomic E-state index is 12.8. The number of amides is 1. The smallest absolute Gasteiger partial charge is 0.255 e. The lowest BCUT2D eigenvalue weighted by Crippen LogP contribution is -2.13. The van der Waals surface area contributed by atoms with Crippen LogP contribution in [0, 0.1) is 6.92 Å². The van der Waals surface area contributed by atoms with Crippen molar-refractivity contribution in [3.05, 3.63) is 94.0 Å². The summed E-state index contributed by atoms with van der Waals surface area (Å²) in [5, 5.41) is 3.50. The highest BCUT2D eigenvalue weighted by Gasteiger charge is 2.12. The van der Waals surface area contributed by atoms with Crippen LogP contribution >= 0.6 is 11.6 Å². The van der Waals surface area contributed by atoms with Crippen LogP contribution in [0.1, 0.15) is 34.0 Å². The molecule has 0 saturated heterocycles. The molecular formula is C24H24ClNO3. The maximum absolute atomic E-state index is 12.8. The summed E-state index contributed by atoms with van der Waals surface area (Å²) >= 11 is 6.05. The number of nitrogens with one attached hydrogen (secondary N) is 1. The number of ether oxygens (including phenoxy) is 2. The van der Waals surface area contributed by atoms with Gasteiger partial charge in [-0.05, 0) is 55.3 Å². The fraction of sp³-hybridized carbons (Fsp3) is 0.208. The summed E-state index contributed by atoms with van der Waals surface area (Å²) in [5.74, 6) is 0.513. The van der Waals surface area contributed by atoms with E-state index in [9.17, 15) is 4.79 Å². The minimum absolute atomic E-state index is 0.206. The van der Waals surface area contributed by atoms with E-state index in [1.165, 1.54) is 0 Å². The maximum Gasteiger partial charge on any atom is 0.255 e. The van der Waals surface area contributed by atoms with Gasteiger partial charge in [0.2, 0.25) is 0 Å². The molecule has 0 aliphatic heterocycles. The molecule has 3 aromatic rings. The Balaban J connectivity index is 1.74. The van der Waals surface area contributed by atoms with Gasteiger partial charge in [-0.2, -0.15) is 0 Å². The summed E-state index contributed by atoms with van der Waals surface area (Å²) in [6, 6.07) is 20.7. The topological polar surface area (TPSA) is 47.6 Å². The van der Waals surface area contributed by atoms with Gasteiger partial charge in [0.25, 0.3) is 5.91 Å². The Bertz CT molecular complexity index is 973. The van der Waals surface area contributed by atoms with Crippen LogP contribution in [0.3, 0.4) is 0 Å². The van der Waals surface area contributed by atoms with Crippen molar-refractivity contribution in [1.29, 1.82) is 0 Å². The van der Waals surface area contributed by atoms with Crippen LogP contribution < -0.4 is 10.1 Å². The molecule has 0 saturated carbocycles. The van der Waals surface area contributed by atoms with Gasteiger partial charge < -0.3 is 14.8 Å². The van der Waals surface area contributed by atoms with E-state index < -0.39 is 0 Å². The third kappa shape index (κ3) is 5.83. The van der Waals surface area contributed by atoms with Gasteiger partial charge in [0.1, 0.15) is 5.75 Å². The van der Waals surface area contributed by atoms with Gasteiger partial charge in [-0.1, -0.05) is 48.0 Å². The predicted molar refractivity (Wildman–Crippen MR) is 117 cm³/mol. The van der Waals surface area contributed by atoms with Gasteiger partial charge in [-0.15, -0.1) is 0 Å². The number of carbonyl (C=O) groups is 1.